The molecule has 0 spiro atoms. The molecular weight excluding hydrogens is 409 g/mol. The second kappa shape index (κ2) is 7.53. The summed E-state index contributed by atoms with van der Waals surface area (Å²) in [6.45, 7) is 1.77. The lowest BCUT2D eigenvalue weighted by atomic mass is 10.0. The molecule has 4 heterocycles. The van der Waals surface area contributed by atoms with Crippen molar-refractivity contribution < 1.29 is 13.2 Å². The van der Waals surface area contributed by atoms with Crippen LogP contribution in [-0.2, 0) is 17.3 Å². The highest BCUT2D eigenvalue weighted by molar-refractivity contribution is 7.94. The van der Waals surface area contributed by atoms with Crippen molar-refractivity contribution >= 4 is 33.2 Å². The second-order valence-electron chi connectivity index (χ2n) is 6.94. The van der Waals surface area contributed by atoms with Crippen LogP contribution in [0.1, 0.15) is 17.7 Å². The van der Waals surface area contributed by atoms with Crippen LogP contribution in [0.3, 0.4) is 0 Å². The number of fused-ring (bicyclic) bond motifs is 1. The zero-order valence-corrected chi connectivity index (χ0v) is 16.8. The van der Waals surface area contributed by atoms with Crippen LogP contribution in [-0.4, -0.2) is 44.5 Å². The molecule has 0 aliphatic carbocycles. The molecule has 4 rings (SSSR count). The lowest BCUT2D eigenvalue weighted by Gasteiger charge is -2.32. The standard InChI is InChI=1S/C17H20F3N6S2/c1-28(21)10-11-3-2-6-25(8-11)14-4-5-22-15(24-14)12-7-23-16-26(12)9-13(27-16)17(18,19)20/h4-5,7,9,11H,2-3,6,8,10,21H2,1H3/q+1. The highest BCUT2D eigenvalue weighted by Crippen LogP contribution is 2.36. The largest absolute Gasteiger partial charge is 0.427 e. The number of halogens is 3. The van der Waals surface area contributed by atoms with Gasteiger partial charge in [0.1, 0.15) is 28.4 Å². The van der Waals surface area contributed by atoms with E-state index in [2.05, 4.69) is 19.9 Å². The number of imidazole rings is 1. The first-order valence-corrected chi connectivity index (χ1v) is 11.5. The predicted molar refractivity (Wildman–Crippen MR) is 106 cm³/mol. The van der Waals surface area contributed by atoms with Crippen molar-refractivity contribution in [1.82, 2.24) is 19.4 Å². The number of hydrogen-bond acceptors (Lipinski definition) is 6. The number of rotatable bonds is 4. The molecule has 2 unspecified atom stereocenters. The van der Waals surface area contributed by atoms with Crippen LogP contribution >= 0.6 is 11.3 Å². The van der Waals surface area contributed by atoms with Gasteiger partial charge in [0.2, 0.25) is 0 Å². The van der Waals surface area contributed by atoms with Gasteiger partial charge in [0.15, 0.2) is 10.8 Å². The maximum atomic E-state index is 13.0. The summed E-state index contributed by atoms with van der Waals surface area (Å²) in [5.74, 6) is 2.67. The average Bonchev–Trinajstić information content (AvgIpc) is 3.22. The fourth-order valence-electron chi connectivity index (χ4n) is 3.51. The van der Waals surface area contributed by atoms with Crippen LogP contribution in [0.5, 0.6) is 0 Å². The minimum absolute atomic E-state index is 0.0957. The van der Waals surface area contributed by atoms with E-state index in [1.54, 1.807) is 6.20 Å². The molecule has 150 valence electrons. The molecule has 2 N–H and O–H groups in total. The van der Waals surface area contributed by atoms with E-state index >= 15 is 0 Å². The van der Waals surface area contributed by atoms with Gasteiger partial charge in [0.25, 0.3) is 0 Å². The van der Waals surface area contributed by atoms with E-state index in [9.17, 15) is 13.2 Å². The van der Waals surface area contributed by atoms with Gasteiger partial charge in [-0.15, -0.1) is 0 Å². The molecule has 3 aromatic rings. The Kier molecular flexibility index (Phi) is 5.23. The van der Waals surface area contributed by atoms with Crippen molar-refractivity contribution in [3.63, 3.8) is 0 Å². The topological polar surface area (TPSA) is 72.3 Å². The zero-order valence-electron chi connectivity index (χ0n) is 15.2. The van der Waals surface area contributed by atoms with Crippen LogP contribution in [0, 0.1) is 5.92 Å². The average molecular weight is 430 g/mol. The Labute approximate surface area is 167 Å². The van der Waals surface area contributed by atoms with Gasteiger partial charge in [0, 0.05) is 31.4 Å². The molecule has 2 atom stereocenters. The highest BCUT2D eigenvalue weighted by Gasteiger charge is 2.34. The number of piperidine rings is 1. The van der Waals surface area contributed by atoms with Gasteiger partial charge in [-0.25, -0.2) is 15.0 Å². The van der Waals surface area contributed by atoms with Gasteiger partial charge in [0.05, 0.1) is 17.3 Å². The van der Waals surface area contributed by atoms with E-state index < -0.39 is 11.1 Å². The zero-order chi connectivity index (χ0) is 19.9. The minimum atomic E-state index is -4.39. The third-order valence-corrected chi connectivity index (χ3v) is 6.74. The molecule has 3 aromatic heterocycles. The Morgan fingerprint density at radius 3 is 2.93 bits per heavy atom. The Bertz CT molecular complexity index is 967. The molecule has 11 heteroatoms. The molecule has 1 aliphatic rings. The summed E-state index contributed by atoms with van der Waals surface area (Å²) in [4.78, 5) is 14.8. The van der Waals surface area contributed by atoms with Gasteiger partial charge in [-0.05, 0) is 18.9 Å². The van der Waals surface area contributed by atoms with Crippen molar-refractivity contribution in [3.8, 4) is 11.5 Å². The molecular formula is C17H20F3N6S2+. The summed E-state index contributed by atoms with van der Waals surface area (Å²) < 4.78 is 40.4. The molecule has 0 amide bonds. The summed E-state index contributed by atoms with van der Waals surface area (Å²) >= 11 is 0.512. The first-order chi connectivity index (χ1) is 13.3. The lowest BCUT2D eigenvalue weighted by molar-refractivity contribution is -0.134. The van der Waals surface area contributed by atoms with Crippen molar-refractivity contribution in [2.45, 2.75) is 19.0 Å². The molecule has 0 radical (unpaired) electrons. The lowest BCUT2D eigenvalue weighted by Crippen LogP contribution is -2.39. The summed E-state index contributed by atoms with van der Waals surface area (Å²) in [7, 11) is 0. The fourth-order valence-corrected chi connectivity index (χ4v) is 5.35. The monoisotopic (exact) mass is 429 g/mol. The SMILES string of the molecule is C[S+](N)CC1CCCN(c2ccnc(-c3cnc4sc(C(F)(F)F)cn34)n2)C1. The van der Waals surface area contributed by atoms with Gasteiger partial charge >= 0.3 is 6.18 Å². The summed E-state index contributed by atoms with van der Waals surface area (Å²) in [5.41, 5.74) is 0.453. The van der Waals surface area contributed by atoms with E-state index in [-0.39, 0.29) is 16.0 Å². The predicted octanol–water partition coefficient (Wildman–Crippen LogP) is 3.21. The van der Waals surface area contributed by atoms with Crippen molar-refractivity contribution in [2.75, 3.05) is 30.0 Å². The molecule has 0 bridgehead atoms. The number of aromatic nitrogens is 4. The van der Waals surface area contributed by atoms with Gasteiger partial charge in [-0.2, -0.15) is 18.3 Å². The van der Waals surface area contributed by atoms with Crippen LogP contribution < -0.4 is 10.0 Å². The highest BCUT2D eigenvalue weighted by atomic mass is 32.2. The summed E-state index contributed by atoms with van der Waals surface area (Å²) in [6, 6.07) is 1.84. The Morgan fingerprint density at radius 2 is 2.18 bits per heavy atom. The molecule has 1 aliphatic heterocycles. The quantitative estimate of drug-likeness (QED) is 0.645. The summed E-state index contributed by atoms with van der Waals surface area (Å²) in [6.07, 6.45) is 4.09. The molecule has 1 fully saturated rings. The molecule has 6 nitrogen and oxygen atoms in total. The maximum absolute atomic E-state index is 13.0. The fraction of sp³-hybridized carbons (Fsp3) is 0.471. The van der Waals surface area contributed by atoms with Crippen LogP contribution in [0.25, 0.3) is 16.5 Å². The number of hydrogen-bond donors (Lipinski definition) is 1. The van der Waals surface area contributed by atoms with E-state index in [4.69, 9.17) is 5.14 Å². The molecule has 28 heavy (non-hydrogen) atoms. The van der Waals surface area contributed by atoms with Crippen LogP contribution in [0.2, 0.25) is 0 Å². The molecule has 0 saturated carbocycles. The Balaban J connectivity index is 1.62. The number of anilines is 1. The number of nitrogens with zero attached hydrogens (tertiary/aromatic N) is 5. The normalized spacial score (nSPS) is 19.3. The maximum Gasteiger partial charge on any atom is 0.427 e. The first-order valence-electron chi connectivity index (χ1n) is 8.80. The van der Waals surface area contributed by atoms with Crippen LogP contribution in [0.4, 0.5) is 19.0 Å². The van der Waals surface area contributed by atoms with Crippen molar-refractivity contribution in [1.29, 1.82) is 0 Å². The van der Waals surface area contributed by atoms with E-state index in [1.165, 1.54) is 10.6 Å². The molecule has 0 aromatic carbocycles. The Hall–Kier alpha value is -1.85. The number of thiazole rings is 1. The van der Waals surface area contributed by atoms with Gasteiger partial charge in [-0.1, -0.05) is 11.3 Å². The van der Waals surface area contributed by atoms with Crippen molar-refractivity contribution in [2.24, 2.45) is 11.1 Å². The molecule has 1 saturated heterocycles. The van der Waals surface area contributed by atoms with Gasteiger partial charge in [-0.3, -0.25) is 4.40 Å². The van der Waals surface area contributed by atoms with Gasteiger partial charge < -0.3 is 4.90 Å². The van der Waals surface area contributed by atoms with E-state index in [0.29, 0.717) is 28.8 Å². The van der Waals surface area contributed by atoms with Crippen molar-refractivity contribution in [3.05, 3.63) is 29.5 Å². The smallest absolute Gasteiger partial charge is 0.356 e. The summed E-state index contributed by atoms with van der Waals surface area (Å²) in [5, 5.41) is 5.98. The van der Waals surface area contributed by atoms with E-state index in [1.807, 2.05) is 12.3 Å². The number of alkyl halides is 3. The second-order valence-corrected chi connectivity index (χ2v) is 9.66. The third-order valence-electron chi connectivity index (χ3n) is 4.70. The third kappa shape index (κ3) is 3.96. The van der Waals surface area contributed by atoms with Crippen LogP contribution in [0.15, 0.2) is 24.7 Å². The minimum Gasteiger partial charge on any atom is -0.356 e. The number of nitrogens with two attached hydrogens (primary N) is 1. The first kappa shape index (κ1) is 19.5. The Morgan fingerprint density at radius 1 is 1.36 bits per heavy atom. The van der Waals surface area contributed by atoms with E-state index in [0.717, 1.165) is 43.7 Å².